The molecule has 25 heavy (non-hydrogen) atoms. The van der Waals surface area contributed by atoms with Gasteiger partial charge in [0.2, 0.25) is 5.91 Å². The molecular weight excluding hydrogens is 313 g/mol. The van der Waals surface area contributed by atoms with E-state index in [0.717, 1.165) is 12.0 Å². The summed E-state index contributed by atoms with van der Waals surface area (Å²) in [4.78, 5) is 12.5. The van der Waals surface area contributed by atoms with Crippen molar-refractivity contribution in [3.8, 4) is 0 Å². The van der Waals surface area contributed by atoms with E-state index in [9.17, 15) is 9.18 Å². The van der Waals surface area contributed by atoms with Gasteiger partial charge in [-0.05, 0) is 48.4 Å². The first kappa shape index (κ1) is 17.7. The van der Waals surface area contributed by atoms with Crippen molar-refractivity contribution in [2.24, 2.45) is 5.92 Å². The van der Waals surface area contributed by atoms with Crippen molar-refractivity contribution in [2.45, 2.75) is 51.0 Å². The third-order valence-corrected chi connectivity index (χ3v) is 5.14. The Morgan fingerprint density at radius 3 is 2.32 bits per heavy atom. The van der Waals surface area contributed by atoms with Crippen LogP contribution in [0.2, 0.25) is 0 Å². The average Bonchev–Trinajstić information content (AvgIpc) is 2.65. The van der Waals surface area contributed by atoms with Gasteiger partial charge < -0.3 is 5.32 Å². The second-order valence-electron chi connectivity index (χ2n) is 7.07. The van der Waals surface area contributed by atoms with Crippen molar-refractivity contribution >= 4 is 5.91 Å². The standard InChI is InChI=1S/C22H26FNO/c23-20-13-11-18(12-14-20)16-22(25)24-21(19-9-5-2-6-10-19)15-17-7-3-1-4-8-17/h1,3-4,7-8,11-14,19,21H,2,5-6,9-10,15-16H2,(H,24,25). The Morgan fingerprint density at radius 1 is 0.960 bits per heavy atom. The van der Waals surface area contributed by atoms with Gasteiger partial charge in [-0.25, -0.2) is 4.39 Å². The number of carbonyl (C=O) groups excluding carboxylic acids is 1. The Hall–Kier alpha value is -2.16. The molecule has 1 amide bonds. The van der Waals surface area contributed by atoms with E-state index in [4.69, 9.17) is 0 Å². The van der Waals surface area contributed by atoms with Gasteiger partial charge in [0.1, 0.15) is 5.82 Å². The Labute approximate surface area is 149 Å². The molecule has 0 bridgehead atoms. The van der Waals surface area contributed by atoms with Gasteiger partial charge in [-0.15, -0.1) is 0 Å². The van der Waals surface area contributed by atoms with Crippen LogP contribution in [0.1, 0.15) is 43.2 Å². The second-order valence-corrected chi connectivity index (χ2v) is 7.07. The van der Waals surface area contributed by atoms with Crippen molar-refractivity contribution in [1.29, 1.82) is 0 Å². The van der Waals surface area contributed by atoms with Crippen molar-refractivity contribution in [3.63, 3.8) is 0 Å². The van der Waals surface area contributed by atoms with Crippen LogP contribution in [0.25, 0.3) is 0 Å². The van der Waals surface area contributed by atoms with Crippen molar-refractivity contribution in [1.82, 2.24) is 5.32 Å². The van der Waals surface area contributed by atoms with Crippen LogP contribution in [0.5, 0.6) is 0 Å². The van der Waals surface area contributed by atoms with E-state index in [-0.39, 0.29) is 17.8 Å². The second kappa shape index (κ2) is 8.80. The molecule has 3 rings (SSSR count). The van der Waals surface area contributed by atoms with Crippen molar-refractivity contribution in [2.75, 3.05) is 0 Å². The number of rotatable bonds is 6. The van der Waals surface area contributed by atoms with E-state index in [0.29, 0.717) is 12.3 Å². The lowest BCUT2D eigenvalue weighted by Gasteiger charge is -2.31. The number of nitrogens with one attached hydrogen (secondary N) is 1. The maximum absolute atomic E-state index is 13.0. The van der Waals surface area contributed by atoms with E-state index >= 15 is 0 Å². The van der Waals surface area contributed by atoms with Gasteiger partial charge in [0.25, 0.3) is 0 Å². The summed E-state index contributed by atoms with van der Waals surface area (Å²) in [6.45, 7) is 0. The molecule has 0 spiro atoms. The molecule has 0 radical (unpaired) electrons. The van der Waals surface area contributed by atoms with Crippen molar-refractivity contribution in [3.05, 3.63) is 71.5 Å². The summed E-state index contributed by atoms with van der Waals surface area (Å²) in [5.41, 5.74) is 2.11. The fourth-order valence-electron chi connectivity index (χ4n) is 3.79. The summed E-state index contributed by atoms with van der Waals surface area (Å²) < 4.78 is 13.0. The molecule has 2 nitrogen and oxygen atoms in total. The Morgan fingerprint density at radius 2 is 1.64 bits per heavy atom. The van der Waals surface area contributed by atoms with Gasteiger partial charge in [0.05, 0.1) is 6.42 Å². The predicted octanol–water partition coefficient (Wildman–Crippen LogP) is 4.68. The molecule has 132 valence electrons. The molecule has 0 heterocycles. The zero-order chi connectivity index (χ0) is 17.5. The SMILES string of the molecule is O=C(Cc1ccc(F)cc1)NC(Cc1ccccc1)C1CCCCC1. The highest BCUT2D eigenvalue weighted by molar-refractivity contribution is 5.78. The fourth-order valence-corrected chi connectivity index (χ4v) is 3.79. The molecule has 2 aromatic rings. The molecule has 1 N–H and O–H groups in total. The summed E-state index contributed by atoms with van der Waals surface area (Å²) >= 11 is 0. The van der Waals surface area contributed by atoms with Crippen LogP contribution in [0.4, 0.5) is 4.39 Å². The number of hydrogen-bond acceptors (Lipinski definition) is 1. The number of carbonyl (C=O) groups is 1. The normalized spacial score (nSPS) is 16.4. The lowest BCUT2D eigenvalue weighted by Crippen LogP contribution is -2.43. The first-order valence-corrected chi connectivity index (χ1v) is 9.28. The molecule has 3 heteroatoms. The lowest BCUT2D eigenvalue weighted by atomic mass is 9.81. The monoisotopic (exact) mass is 339 g/mol. The van der Waals surface area contributed by atoms with E-state index in [1.54, 1.807) is 12.1 Å². The first-order chi connectivity index (χ1) is 12.2. The van der Waals surface area contributed by atoms with Crippen LogP contribution >= 0.6 is 0 Å². The lowest BCUT2D eigenvalue weighted by molar-refractivity contribution is -0.121. The topological polar surface area (TPSA) is 29.1 Å². The van der Waals surface area contributed by atoms with Gasteiger partial charge in [-0.2, -0.15) is 0 Å². The average molecular weight is 339 g/mol. The molecule has 1 unspecified atom stereocenters. The van der Waals surface area contributed by atoms with E-state index in [1.165, 1.54) is 49.8 Å². The summed E-state index contributed by atoms with van der Waals surface area (Å²) in [5, 5.41) is 3.27. The first-order valence-electron chi connectivity index (χ1n) is 9.28. The quantitative estimate of drug-likeness (QED) is 0.814. The highest BCUT2D eigenvalue weighted by Crippen LogP contribution is 2.28. The van der Waals surface area contributed by atoms with Crippen LogP contribution in [-0.2, 0) is 17.6 Å². The highest BCUT2D eigenvalue weighted by Gasteiger charge is 2.25. The zero-order valence-corrected chi connectivity index (χ0v) is 14.6. The molecular formula is C22H26FNO. The maximum atomic E-state index is 13.0. The van der Waals surface area contributed by atoms with Gasteiger partial charge in [-0.3, -0.25) is 4.79 Å². The molecule has 0 aromatic heterocycles. The minimum absolute atomic E-state index is 0.0260. The number of hydrogen-bond donors (Lipinski definition) is 1. The number of amides is 1. The fraction of sp³-hybridized carbons (Fsp3) is 0.409. The molecule has 1 aliphatic rings. The molecule has 1 atom stereocenters. The van der Waals surface area contributed by atoms with Crippen LogP contribution in [0.15, 0.2) is 54.6 Å². The Kier molecular flexibility index (Phi) is 6.21. The van der Waals surface area contributed by atoms with E-state index < -0.39 is 0 Å². The van der Waals surface area contributed by atoms with Crippen LogP contribution in [-0.4, -0.2) is 11.9 Å². The van der Waals surface area contributed by atoms with Crippen LogP contribution in [0.3, 0.4) is 0 Å². The van der Waals surface area contributed by atoms with Crippen LogP contribution < -0.4 is 5.32 Å². The third-order valence-electron chi connectivity index (χ3n) is 5.14. The maximum Gasteiger partial charge on any atom is 0.224 e. The Bertz CT molecular complexity index is 662. The molecule has 0 aliphatic heterocycles. The summed E-state index contributed by atoms with van der Waals surface area (Å²) in [5.74, 6) is 0.303. The summed E-state index contributed by atoms with van der Waals surface area (Å²) in [7, 11) is 0. The highest BCUT2D eigenvalue weighted by atomic mass is 19.1. The van der Waals surface area contributed by atoms with Crippen LogP contribution in [0, 0.1) is 11.7 Å². The molecule has 1 aliphatic carbocycles. The molecule has 0 saturated heterocycles. The van der Waals surface area contributed by atoms with Gasteiger partial charge in [0.15, 0.2) is 0 Å². The third kappa shape index (κ3) is 5.42. The minimum Gasteiger partial charge on any atom is -0.352 e. The zero-order valence-electron chi connectivity index (χ0n) is 14.6. The molecule has 1 fully saturated rings. The van der Waals surface area contributed by atoms with E-state index in [1.807, 2.05) is 18.2 Å². The molecule has 2 aromatic carbocycles. The number of halogens is 1. The van der Waals surface area contributed by atoms with Crippen molar-refractivity contribution < 1.29 is 9.18 Å². The predicted molar refractivity (Wildman–Crippen MR) is 98.8 cm³/mol. The van der Waals surface area contributed by atoms with Gasteiger partial charge in [-0.1, -0.05) is 61.7 Å². The summed E-state index contributed by atoms with van der Waals surface area (Å²) in [6.07, 6.45) is 7.37. The Balaban J connectivity index is 1.65. The van der Waals surface area contributed by atoms with E-state index in [2.05, 4.69) is 17.4 Å². The van der Waals surface area contributed by atoms with Gasteiger partial charge in [0, 0.05) is 6.04 Å². The largest absolute Gasteiger partial charge is 0.352 e. The molecule has 1 saturated carbocycles. The summed E-state index contributed by atoms with van der Waals surface area (Å²) in [6, 6.07) is 16.7. The van der Waals surface area contributed by atoms with Gasteiger partial charge >= 0.3 is 0 Å². The smallest absolute Gasteiger partial charge is 0.224 e. The minimum atomic E-state index is -0.270. The number of benzene rings is 2.